The molecule has 0 unspecified atom stereocenters. The average Bonchev–Trinajstić information content (AvgIpc) is 3.05. The normalized spacial score (nSPS) is 11.2. The van der Waals surface area contributed by atoms with Crippen LogP contribution in [0.1, 0.15) is 44.4 Å². The third kappa shape index (κ3) is 3.83. The molecule has 0 aliphatic rings. The predicted molar refractivity (Wildman–Crippen MR) is 83.4 cm³/mol. The lowest BCUT2D eigenvalue weighted by atomic mass is 10.3. The monoisotopic (exact) mass is 310 g/mol. The number of aryl methyl sites for hydroxylation is 2. The summed E-state index contributed by atoms with van der Waals surface area (Å²) in [5.41, 5.74) is 1.94. The fraction of sp³-hybridized carbons (Fsp3) is 0.643. The van der Waals surface area contributed by atoms with Crippen LogP contribution in [0.5, 0.6) is 0 Å². The van der Waals surface area contributed by atoms with Gasteiger partial charge in [0.1, 0.15) is 6.33 Å². The Labute approximate surface area is 130 Å². The molecule has 116 valence electrons. The number of aromatic nitrogens is 5. The molecule has 0 saturated heterocycles. The first-order valence-corrected chi connectivity index (χ1v) is 7.90. The molecular weight excluding hydrogens is 288 g/mol. The Hall–Kier alpha value is -1.40. The van der Waals surface area contributed by atoms with Gasteiger partial charge < -0.3 is 5.32 Å². The molecule has 2 aromatic rings. The Morgan fingerprint density at radius 1 is 1.24 bits per heavy atom. The van der Waals surface area contributed by atoms with E-state index in [1.165, 1.54) is 0 Å². The van der Waals surface area contributed by atoms with Crippen molar-refractivity contribution < 1.29 is 0 Å². The van der Waals surface area contributed by atoms with Crippen LogP contribution in [0.25, 0.3) is 0 Å². The molecule has 0 aliphatic carbocycles. The predicted octanol–water partition coefficient (Wildman–Crippen LogP) is 2.26. The molecule has 2 heterocycles. The van der Waals surface area contributed by atoms with Crippen LogP contribution in [-0.4, -0.2) is 31.1 Å². The number of rotatable bonds is 8. The van der Waals surface area contributed by atoms with Crippen LogP contribution in [0.2, 0.25) is 5.02 Å². The molecule has 0 fully saturated rings. The first-order valence-electron chi connectivity index (χ1n) is 7.52. The fourth-order valence-electron chi connectivity index (χ4n) is 2.19. The third-order valence-corrected chi connectivity index (χ3v) is 3.74. The highest BCUT2D eigenvalue weighted by atomic mass is 35.5. The number of nitrogens with one attached hydrogen (secondary N) is 1. The topological polar surface area (TPSA) is 60.6 Å². The number of halogens is 1. The first kappa shape index (κ1) is 16.0. The molecule has 0 spiro atoms. The molecule has 0 bridgehead atoms. The lowest BCUT2D eigenvalue weighted by Crippen LogP contribution is -2.15. The third-order valence-electron chi connectivity index (χ3n) is 3.30. The second-order valence-corrected chi connectivity index (χ2v) is 5.29. The van der Waals surface area contributed by atoms with E-state index in [1.54, 1.807) is 6.33 Å². The van der Waals surface area contributed by atoms with Gasteiger partial charge in [-0.25, -0.2) is 9.67 Å². The SMILES string of the molecule is CCCNCc1ncn(Cc2c(Cl)c(CC)nn2CC)n1. The largest absolute Gasteiger partial charge is 0.310 e. The summed E-state index contributed by atoms with van der Waals surface area (Å²) in [7, 11) is 0. The molecule has 0 saturated carbocycles. The van der Waals surface area contributed by atoms with Gasteiger partial charge in [0.15, 0.2) is 5.82 Å². The summed E-state index contributed by atoms with van der Waals surface area (Å²) in [6.45, 7) is 9.33. The lowest BCUT2D eigenvalue weighted by molar-refractivity contribution is 0.566. The molecule has 0 atom stereocenters. The van der Waals surface area contributed by atoms with Gasteiger partial charge in [-0.05, 0) is 26.3 Å². The Morgan fingerprint density at radius 2 is 2.05 bits per heavy atom. The van der Waals surface area contributed by atoms with E-state index in [4.69, 9.17) is 11.6 Å². The Balaban J connectivity index is 2.09. The quantitative estimate of drug-likeness (QED) is 0.760. The van der Waals surface area contributed by atoms with Crippen molar-refractivity contribution in [3.63, 3.8) is 0 Å². The van der Waals surface area contributed by atoms with Gasteiger partial charge >= 0.3 is 0 Å². The maximum absolute atomic E-state index is 6.41. The minimum Gasteiger partial charge on any atom is -0.310 e. The summed E-state index contributed by atoms with van der Waals surface area (Å²) in [5, 5.41) is 13.0. The van der Waals surface area contributed by atoms with Gasteiger partial charge in [0.2, 0.25) is 0 Å². The van der Waals surface area contributed by atoms with Crippen molar-refractivity contribution in [2.75, 3.05) is 6.54 Å². The second-order valence-electron chi connectivity index (χ2n) is 4.91. The van der Waals surface area contributed by atoms with Gasteiger partial charge in [-0.3, -0.25) is 4.68 Å². The van der Waals surface area contributed by atoms with Crippen molar-refractivity contribution in [1.29, 1.82) is 0 Å². The number of hydrogen-bond acceptors (Lipinski definition) is 4. The van der Waals surface area contributed by atoms with E-state index in [0.29, 0.717) is 13.1 Å². The van der Waals surface area contributed by atoms with Crippen LogP contribution in [0.4, 0.5) is 0 Å². The number of nitrogens with zero attached hydrogens (tertiary/aromatic N) is 5. The molecule has 0 radical (unpaired) electrons. The summed E-state index contributed by atoms with van der Waals surface area (Å²) in [6, 6.07) is 0. The van der Waals surface area contributed by atoms with E-state index in [0.717, 1.165) is 48.2 Å². The summed E-state index contributed by atoms with van der Waals surface area (Å²) in [4.78, 5) is 4.31. The van der Waals surface area contributed by atoms with Gasteiger partial charge in [0.25, 0.3) is 0 Å². The van der Waals surface area contributed by atoms with E-state index in [9.17, 15) is 0 Å². The van der Waals surface area contributed by atoms with Gasteiger partial charge in [-0.1, -0.05) is 25.4 Å². The van der Waals surface area contributed by atoms with Gasteiger partial charge in [-0.15, -0.1) is 0 Å². The standard InChI is InChI=1S/C14H23ClN6/c1-4-7-16-8-13-17-10-20(19-13)9-12-14(15)11(5-2)18-21(12)6-3/h10,16H,4-9H2,1-3H3. The Kier molecular flexibility index (Phi) is 5.76. The zero-order valence-electron chi connectivity index (χ0n) is 12.9. The zero-order chi connectivity index (χ0) is 15.2. The molecule has 21 heavy (non-hydrogen) atoms. The van der Waals surface area contributed by atoms with E-state index >= 15 is 0 Å². The highest BCUT2D eigenvalue weighted by Gasteiger charge is 2.15. The van der Waals surface area contributed by atoms with Crippen LogP contribution >= 0.6 is 11.6 Å². The molecule has 1 N–H and O–H groups in total. The smallest absolute Gasteiger partial charge is 0.164 e. The van der Waals surface area contributed by atoms with E-state index in [-0.39, 0.29) is 0 Å². The molecule has 0 aliphatic heterocycles. The van der Waals surface area contributed by atoms with Crippen LogP contribution in [-0.2, 0) is 26.1 Å². The lowest BCUT2D eigenvalue weighted by Gasteiger charge is -2.05. The molecule has 0 amide bonds. The molecular formula is C14H23ClN6. The van der Waals surface area contributed by atoms with Crippen LogP contribution in [0.3, 0.4) is 0 Å². The summed E-state index contributed by atoms with van der Waals surface area (Å²) in [6.07, 6.45) is 3.69. The average molecular weight is 311 g/mol. The first-order chi connectivity index (χ1) is 10.2. The molecule has 2 rings (SSSR count). The molecule has 7 heteroatoms. The van der Waals surface area contributed by atoms with Gasteiger partial charge in [0.05, 0.1) is 29.5 Å². The van der Waals surface area contributed by atoms with Crippen molar-refractivity contribution in [3.8, 4) is 0 Å². The Bertz CT molecular complexity index is 574. The molecule has 0 aromatic carbocycles. The fourth-order valence-corrected chi connectivity index (χ4v) is 2.52. The maximum atomic E-state index is 6.41. The van der Waals surface area contributed by atoms with Crippen LogP contribution < -0.4 is 5.32 Å². The minimum absolute atomic E-state index is 0.598. The highest BCUT2D eigenvalue weighted by Crippen LogP contribution is 2.22. The maximum Gasteiger partial charge on any atom is 0.164 e. The highest BCUT2D eigenvalue weighted by molar-refractivity contribution is 6.31. The minimum atomic E-state index is 0.598. The van der Waals surface area contributed by atoms with E-state index in [1.807, 2.05) is 9.36 Å². The van der Waals surface area contributed by atoms with Gasteiger partial charge in [0, 0.05) is 6.54 Å². The molecule has 6 nitrogen and oxygen atoms in total. The summed E-state index contributed by atoms with van der Waals surface area (Å²) in [5.74, 6) is 0.804. The van der Waals surface area contributed by atoms with Crippen LogP contribution in [0, 0.1) is 0 Å². The second kappa shape index (κ2) is 7.56. The van der Waals surface area contributed by atoms with Gasteiger partial charge in [-0.2, -0.15) is 10.2 Å². The van der Waals surface area contributed by atoms with Crippen molar-refractivity contribution >= 4 is 11.6 Å². The molecule has 2 aromatic heterocycles. The van der Waals surface area contributed by atoms with Crippen molar-refractivity contribution in [1.82, 2.24) is 29.9 Å². The summed E-state index contributed by atoms with van der Waals surface area (Å²) >= 11 is 6.41. The number of hydrogen-bond donors (Lipinski definition) is 1. The van der Waals surface area contributed by atoms with E-state index in [2.05, 4.69) is 41.3 Å². The summed E-state index contributed by atoms with van der Waals surface area (Å²) < 4.78 is 3.76. The van der Waals surface area contributed by atoms with Crippen molar-refractivity contribution in [2.45, 2.75) is 53.2 Å². The van der Waals surface area contributed by atoms with Crippen molar-refractivity contribution in [3.05, 3.63) is 28.6 Å². The van der Waals surface area contributed by atoms with Crippen LogP contribution in [0.15, 0.2) is 6.33 Å². The van der Waals surface area contributed by atoms with Crippen molar-refractivity contribution in [2.24, 2.45) is 0 Å². The zero-order valence-corrected chi connectivity index (χ0v) is 13.7. The Morgan fingerprint density at radius 3 is 2.71 bits per heavy atom. The van der Waals surface area contributed by atoms with E-state index < -0.39 is 0 Å².